The molecule has 0 bridgehead atoms. The summed E-state index contributed by atoms with van der Waals surface area (Å²) in [6.07, 6.45) is 5.85. The SMILES string of the molecule is Cc1ccc(CC(=O)N2CCC[C@](Cc3ccccc3-c3cccnc3)(C(N)=O)C2)cc1. The number of primary amides is 1. The fraction of sp³-hybridized carbons (Fsp3) is 0.296. The lowest BCUT2D eigenvalue weighted by Gasteiger charge is -2.41. The van der Waals surface area contributed by atoms with E-state index >= 15 is 0 Å². The Morgan fingerprint density at radius 2 is 1.84 bits per heavy atom. The molecule has 1 atom stereocenters. The Labute approximate surface area is 189 Å². The van der Waals surface area contributed by atoms with Crippen LogP contribution in [-0.2, 0) is 22.4 Å². The molecule has 1 aromatic heterocycles. The third-order valence-corrected chi connectivity index (χ3v) is 6.45. The number of piperidine rings is 1. The van der Waals surface area contributed by atoms with Crippen LogP contribution in [-0.4, -0.2) is 34.8 Å². The highest BCUT2D eigenvalue weighted by Crippen LogP contribution is 2.36. The number of aromatic nitrogens is 1. The minimum atomic E-state index is -0.778. The molecule has 0 saturated carbocycles. The van der Waals surface area contributed by atoms with Crippen LogP contribution in [0.2, 0.25) is 0 Å². The average Bonchev–Trinajstić information content (AvgIpc) is 2.81. The number of hydrogen-bond acceptors (Lipinski definition) is 3. The summed E-state index contributed by atoms with van der Waals surface area (Å²) >= 11 is 0. The molecule has 1 fully saturated rings. The van der Waals surface area contributed by atoms with Gasteiger partial charge in [0.25, 0.3) is 0 Å². The number of carbonyl (C=O) groups excluding carboxylic acids is 2. The lowest BCUT2D eigenvalue weighted by molar-refractivity contribution is -0.139. The highest BCUT2D eigenvalue weighted by atomic mass is 16.2. The van der Waals surface area contributed by atoms with E-state index in [-0.39, 0.29) is 11.8 Å². The molecule has 1 saturated heterocycles. The van der Waals surface area contributed by atoms with Crippen LogP contribution in [0.25, 0.3) is 11.1 Å². The predicted molar refractivity (Wildman–Crippen MR) is 126 cm³/mol. The Kier molecular flexibility index (Phi) is 6.35. The quantitative estimate of drug-likeness (QED) is 0.647. The van der Waals surface area contributed by atoms with Crippen molar-refractivity contribution in [1.29, 1.82) is 0 Å². The van der Waals surface area contributed by atoms with Gasteiger partial charge in [0.15, 0.2) is 0 Å². The molecule has 3 aromatic rings. The number of carbonyl (C=O) groups is 2. The Balaban J connectivity index is 1.57. The number of rotatable bonds is 6. The van der Waals surface area contributed by atoms with Crippen LogP contribution in [0.15, 0.2) is 73.1 Å². The molecule has 2 heterocycles. The van der Waals surface area contributed by atoms with Gasteiger partial charge in [0.05, 0.1) is 11.8 Å². The van der Waals surface area contributed by atoms with Crippen molar-refractivity contribution in [2.45, 2.75) is 32.6 Å². The molecular weight excluding hydrogens is 398 g/mol. The first kappa shape index (κ1) is 21.8. The van der Waals surface area contributed by atoms with Gasteiger partial charge in [-0.05, 0) is 48.9 Å². The number of likely N-dealkylation sites (tertiary alicyclic amines) is 1. The molecule has 0 unspecified atom stereocenters. The number of aryl methyl sites for hydroxylation is 1. The van der Waals surface area contributed by atoms with Crippen LogP contribution in [0, 0.1) is 12.3 Å². The van der Waals surface area contributed by atoms with Gasteiger partial charge < -0.3 is 10.6 Å². The fourth-order valence-corrected chi connectivity index (χ4v) is 4.61. The normalized spacial score (nSPS) is 18.3. The van der Waals surface area contributed by atoms with Gasteiger partial charge in [-0.2, -0.15) is 0 Å². The van der Waals surface area contributed by atoms with E-state index in [1.165, 1.54) is 5.56 Å². The van der Waals surface area contributed by atoms with Crippen molar-refractivity contribution in [3.8, 4) is 11.1 Å². The van der Waals surface area contributed by atoms with Crippen molar-refractivity contribution in [3.05, 3.63) is 89.7 Å². The molecule has 0 radical (unpaired) electrons. The van der Waals surface area contributed by atoms with Crippen LogP contribution in [0.5, 0.6) is 0 Å². The molecule has 1 aliphatic rings. The molecule has 5 nitrogen and oxygen atoms in total. The second kappa shape index (κ2) is 9.35. The van der Waals surface area contributed by atoms with E-state index in [4.69, 9.17) is 5.73 Å². The molecule has 2 amide bonds. The van der Waals surface area contributed by atoms with Gasteiger partial charge in [-0.15, -0.1) is 0 Å². The van der Waals surface area contributed by atoms with E-state index in [0.717, 1.165) is 28.7 Å². The average molecular weight is 428 g/mol. The summed E-state index contributed by atoms with van der Waals surface area (Å²) in [5, 5.41) is 0. The molecule has 0 aliphatic carbocycles. The zero-order valence-corrected chi connectivity index (χ0v) is 18.5. The fourth-order valence-electron chi connectivity index (χ4n) is 4.61. The number of nitrogens with zero attached hydrogens (tertiary/aromatic N) is 2. The van der Waals surface area contributed by atoms with E-state index in [1.54, 1.807) is 6.20 Å². The standard InChI is InChI=1S/C27H29N3O2/c1-20-9-11-21(12-10-20)16-25(31)30-15-5-13-27(19-30,26(28)32)17-22-6-2-3-8-24(22)23-7-4-14-29-18-23/h2-4,6-12,14,18H,5,13,15-17,19H2,1H3,(H2,28,32)/t27-/m1/s1. The van der Waals surface area contributed by atoms with Gasteiger partial charge in [0.2, 0.25) is 11.8 Å². The Morgan fingerprint density at radius 3 is 2.56 bits per heavy atom. The van der Waals surface area contributed by atoms with Crippen LogP contribution < -0.4 is 5.73 Å². The highest BCUT2D eigenvalue weighted by Gasteiger charge is 2.42. The van der Waals surface area contributed by atoms with Crippen LogP contribution in [0.1, 0.15) is 29.5 Å². The molecule has 0 spiro atoms. The number of nitrogens with two attached hydrogens (primary N) is 1. The number of pyridine rings is 1. The lowest BCUT2D eigenvalue weighted by Crippen LogP contribution is -2.53. The Morgan fingerprint density at radius 1 is 1.06 bits per heavy atom. The summed E-state index contributed by atoms with van der Waals surface area (Å²) in [5.41, 5.74) is 10.5. The van der Waals surface area contributed by atoms with Crippen molar-refractivity contribution >= 4 is 11.8 Å². The second-order valence-corrected chi connectivity index (χ2v) is 8.80. The van der Waals surface area contributed by atoms with Gasteiger partial charge in [0, 0.05) is 31.0 Å². The molecule has 5 heteroatoms. The van der Waals surface area contributed by atoms with Crippen LogP contribution in [0.4, 0.5) is 0 Å². The lowest BCUT2D eigenvalue weighted by atomic mass is 9.73. The maximum Gasteiger partial charge on any atom is 0.227 e. The Bertz CT molecular complexity index is 1100. The summed E-state index contributed by atoms with van der Waals surface area (Å²) in [7, 11) is 0. The zero-order chi connectivity index (χ0) is 22.6. The first-order valence-electron chi connectivity index (χ1n) is 11.1. The number of hydrogen-bond donors (Lipinski definition) is 1. The van der Waals surface area contributed by atoms with E-state index < -0.39 is 5.41 Å². The van der Waals surface area contributed by atoms with Crippen molar-refractivity contribution in [1.82, 2.24) is 9.88 Å². The van der Waals surface area contributed by atoms with Gasteiger partial charge in [-0.1, -0.05) is 60.2 Å². The predicted octanol–water partition coefficient (Wildman–Crippen LogP) is 3.94. The molecule has 4 rings (SSSR count). The number of amides is 2. The third kappa shape index (κ3) is 4.72. The van der Waals surface area contributed by atoms with Crippen molar-refractivity contribution in [2.24, 2.45) is 11.1 Å². The highest BCUT2D eigenvalue weighted by molar-refractivity contribution is 5.84. The topological polar surface area (TPSA) is 76.3 Å². The monoisotopic (exact) mass is 427 g/mol. The zero-order valence-electron chi connectivity index (χ0n) is 18.5. The molecule has 164 valence electrons. The molecule has 1 aliphatic heterocycles. The first-order valence-corrected chi connectivity index (χ1v) is 11.1. The minimum Gasteiger partial charge on any atom is -0.369 e. The maximum absolute atomic E-state index is 13.1. The van der Waals surface area contributed by atoms with Gasteiger partial charge in [-0.3, -0.25) is 14.6 Å². The smallest absolute Gasteiger partial charge is 0.227 e. The summed E-state index contributed by atoms with van der Waals surface area (Å²) < 4.78 is 0. The van der Waals surface area contributed by atoms with Crippen molar-refractivity contribution in [3.63, 3.8) is 0 Å². The van der Waals surface area contributed by atoms with E-state index in [1.807, 2.05) is 78.7 Å². The maximum atomic E-state index is 13.1. The van der Waals surface area contributed by atoms with Gasteiger partial charge >= 0.3 is 0 Å². The number of benzene rings is 2. The summed E-state index contributed by atoms with van der Waals surface area (Å²) in [4.78, 5) is 31.9. The van der Waals surface area contributed by atoms with E-state index in [0.29, 0.717) is 32.4 Å². The van der Waals surface area contributed by atoms with Crippen molar-refractivity contribution in [2.75, 3.05) is 13.1 Å². The van der Waals surface area contributed by atoms with E-state index in [2.05, 4.69) is 4.98 Å². The Hall–Kier alpha value is -3.47. The summed E-state index contributed by atoms with van der Waals surface area (Å²) in [6.45, 7) is 3.04. The summed E-state index contributed by atoms with van der Waals surface area (Å²) in [5.74, 6) is -0.300. The molecule has 2 N–H and O–H groups in total. The van der Waals surface area contributed by atoms with Crippen LogP contribution in [0.3, 0.4) is 0 Å². The molecule has 32 heavy (non-hydrogen) atoms. The minimum absolute atomic E-state index is 0.0414. The third-order valence-electron chi connectivity index (χ3n) is 6.45. The van der Waals surface area contributed by atoms with Crippen molar-refractivity contribution < 1.29 is 9.59 Å². The second-order valence-electron chi connectivity index (χ2n) is 8.80. The van der Waals surface area contributed by atoms with Gasteiger partial charge in [-0.25, -0.2) is 0 Å². The first-order chi connectivity index (χ1) is 15.5. The van der Waals surface area contributed by atoms with Crippen LogP contribution >= 0.6 is 0 Å². The molecular formula is C27H29N3O2. The largest absolute Gasteiger partial charge is 0.369 e. The summed E-state index contributed by atoms with van der Waals surface area (Å²) in [6, 6.07) is 20.0. The molecule has 2 aromatic carbocycles. The van der Waals surface area contributed by atoms with E-state index in [9.17, 15) is 9.59 Å². The van der Waals surface area contributed by atoms with Gasteiger partial charge in [0.1, 0.15) is 0 Å².